The molecule has 2 atom stereocenters. The zero-order valence-electron chi connectivity index (χ0n) is 11.7. The van der Waals surface area contributed by atoms with E-state index in [1.807, 2.05) is 0 Å². The number of thiophene rings is 1. The summed E-state index contributed by atoms with van der Waals surface area (Å²) in [4.78, 5) is 1.24. The van der Waals surface area contributed by atoms with E-state index in [4.69, 9.17) is 10.5 Å². The standard InChI is InChI=1S/C16H23NOS/c1-2-13-5-3-7-15(11-13)18-12-16-14(6-4-9-17)8-10-19-16/h8,10,13,15H,2-3,5,7,9,11-12,17H2,1H3. The highest BCUT2D eigenvalue weighted by Crippen LogP contribution is 2.29. The molecule has 1 aliphatic rings. The molecule has 104 valence electrons. The maximum absolute atomic E-state index is 6.09. The van der Waals surface area contributed by atoms with Crippen LogP contribution in [0.4, 0.5) is 0 Å². The van der Waals surface area contributed by atoms with E-state index in [0.717, 1.165) is 11.5 Å². The summed E-state index contributed by atoms with van der Waals surface area (Å²) in [6, 6.07) is 2.06. The minimum Gasteiger partial charge on any atom is -0.373 e. The van der Waals surface area contributed by atoms with Crippen LogP contribution in [0.5, 0.6) is 0 Å². The van der Waals surface area contributed by atoms with Gasteiger partial charge in [-0.2, -0.15) is 0 Å². The topological polar surface area (TPSA) is 35.2 Å². The van der Waals surface area contributed by atoms with Gasteiger partial charge in [-0.25, -0.2) is 0 Å². The van der Waals surface area contributed by atoms with Crippen molar-refractivity contribution < 1.29 is 4.74 Å². The second-order valence-corrected chi connectivity index (χ2v) is 6.14. The van der Waals surface area contributed by atoms with Crippen LogP contribution in [-0.4, -0.2) is 12.6 Å². The summed E-state index contributed by atoms with van der Waals surface area (Å²) < 4.78 is 6.09. The summed E-state index contributed by atoms with van der Waals surface area (Å²) in [7, 11) is 0. The third kappa shape index (κ3) is 4.35. The number of nitrogens with two attached hydrogens (primary N) is 1. The Bertz CT molecular complexity index is 443. The number of hydrogen-bond acceptors (Lipinski definition) is 3. The van der Waals surface area contributed by atoms with Crippen LogP contribution < -0.4 is 5.73 Å². The van der Waals surface area contributed by atoms with E-state index in [-0.39, 0.29) is 0 Å². The van der Waals surface area contributed by atoms with E-state index in [2.05, 4.69) is 30.2 Å². The lowest BCUT2D eigenvalue weighted by Gasteiger charge is -2.28. The lowest BCUT2D eigenvalue weighted by atomic mass is 9.85. The van der Waals surface area contributed by atoms with E-state index in [1.165, 1.54) is 37.0 Å². The summed E-state index contributed by atoms with van der Waals surface area (Å²) in [6.07, 6.45) is 6.86. The Morgan fingerprint density at radius 3 is 3.16 bits per heavy atom. The van der Waals surface area contributed by atoms with Gasteiger partial charge < -0.3 is 10.5 Å². The maximum atomic E-state index is 6.09. The Morgan fingerprint density at radius 1 is 1.47 bits per heavy atom. The van der Waals surface area contributed by atoms with Gasteiger partial charge >= 0.3 is 0 Å². The first-order valence-electron chi connectivity index (χ1n) is 7.20. The Hall–Kier alpha value is -0.820. The van der Waals surface area contributed by atoms with Gasteiger partial charge in [-0.15, -0.1) is 11.3 Å². The fourth-order valence-electron chi connectivity index (χ4n) is 2.67. The molecule has 2 unspecified atom stereocenters. The molecule has 2 nitrogen and oxygen atoms in total. The molecule has 0 aromatic carbocycles. The predicted molar refractivity (Wildman–Crippen MR) is 81.1 cm³/mol. The molecule has 0 bridgehead atoms. The SMILES string of the molecule is CCC1CCCC(OCc2sccc2C#CCN)C1. The Morgan fingerprint density at radius 2 is 2.37 bits per heavy atom. The number of ether oxygens (including phenoxy) is 1. The second-order valence-electron chi connectivity index (χ2n) is 5.14. The van der Waals surface area contributed by atoms with Crippen LogP contribution in [-0.2, 0) is 11.3 Å². The van der Waals surface area contributed by atoms with Gasteiger partial charge in [0.2, 0.25) is 0 Å². The van der Waals surface area contributed by atoms with Gasteiger partial charge in [0, 0.05) is 10.4 Å². The first-order valence-corrected chi connectivity index (χ1v) is 8.08. The summed E-state index contributed by atoms with van der Waals surface area (Å²) in [5.74, 6) is 6.89. The highest BCUT2D eigenvalue weighted by molar-refractivity contribution is 7.10. The molecule has 0 spiro atoms. The van der Waals surface area contributed by atoms with Crippen LogP contribution in [0.15, 0.2) is 11.4 Å². The van der Waals surface area contributed by atoms with Crippen LogP contribution in [0.25, 0.3) is 0 Å². The molecule has 1 aromatic heterocycles. The first kappa shape index (κ1) is 14.6. The van der Waals surface area contributed by atoms with Gasteiger partial charge in [-0.3, -0.25) is 0 Å². The van der Waals surface area contributed by atoms with E-state index >= 15 is 0 Å². The molecule has 0 saturated heterocycles. The summed E-state index contributed by atoms with van der Waals surface area (Å²) >= 11 is 1.73. The highest BCUT2D eigenvalue weighted by Gasteiger charge is 2.21. The fraction of sp³-hybridized carbons (Fsp3) is 0.625. The van der Waals surface area contributed by atoms with Crippen LogP contribution in [0.2, 0.25) is 0 Å². The maximum Gasteiger partial charge on any atom is 0.0825 e. The summed E-state index contributed by atoms with van der Waals surface area (Å²) in [5.41, 5.74) is 6.50. The average molecular weight is 277 g/mol. The van der Waals surface area contributed by atoms with E-state index in [9.17, 15) is 0 Å². The van der Waals surface area contributed by atoms with Gasteiger partial charge in [0.1, 0.15) is 0 Å². The smallest absolute Gasteiger partial charge is 0.0825 e. The number of rotatable bonds is 4. The quantitative estimate of drug-likeness (QED) is 0.854. The van der Waals surface area contributed by atoms with Crippen LogP contribution in [0.3, 0.4) is 0 Å². The van der Waals surface area contributed by atoms with Crippen molar-refractivity contribution in [2.45, 2.75) is 51.7 Å². The summed E-state index contributed by atoms with van der Waals surface area (Å²) in [6.45, 7) is 3.40. The number of hydrogen-bond donors (Lipinski definition) is 1. The molecule has 0 radical (unpaired) electrons. The van der Waals surface area contributed by atoms with Crippen molar-refractivity contribution in [3.05, 3.63) is 21.9 Å². The van der Waals surface area contributed by atoms with Gasteiger partial charge in [-0.05, 0) is 30.2 Å². The van der Waals surface area contributed by atoms with Crippen molar-refractivity contribution in [2.75, 3.05) is 6.54 Å². The lowest BCUT2D eigenvalue weighted by Crippen LogP contribution is -2.22. The molecule has 1 aliphatic carbocycles. The molecule has 1 saturated carbocycles. The molecular weight excluding hydrogens is 254 g/mol. The molecule has 1 heterocycles. The van der Waals surface area contributed by atoms with Crippen LogP contribution in [0.1, 0.15) is 49.5 Å². The Kier molecular flexibility index (Phi) is 5.91. The monoisotopic (exact) mass is 277 g/mol. The zero-order valence-corrected chi connectivity index (χ0v) is 12.5. The first-order chi connectivity index (χ1) is 9.33. The second kappa shape index (κ2) is 7.69. The van der Waals surface area contributed by atoms with Gasteiger partial charge in [0.15, 0.2) is 0 Å². The van der Waals surface area contributed by atoms with Gasteiger partial charge in [0.25, 0.3) is 0 Å². The Balaban J connectivity index is 1.86. The van der Waals surface area contributed by atoms with E-state index in [0.29, 0.717) is 19.3 Å². The minimum atomic E-state index is 0.414. The van der Waals surface area contributed by atoms with Crippen LogP contribution in [0, 0.1) is 17.8 Å². The van der Waals surface area contributed by atoms with Gasteiger partial charge in [-0.1, -0.05) is 38.0 Å². The fourth-order valence-corrected chi connectivity index (χ4v) is 3.42. The molecule has 2 N–H and O–H groups in total. The highest BCUT2D eigenvalue weighted by atomic mass is 32.1. The zero-order chi connectivity index (χ0) is 13.5. The van der Waals surface area contributed by atoms with Crippen molar-refractivity contribution in [1.29, 1.82) is 0 Å². The Labute approximate surface area is 120 Å². The third-order valence-corrected chi connectivity index (χ3v) is 4.73. The predicted octanol–water partition coefficient (Wildman–Crippen LogP) is 3.54. The largest absolute Gasteiger partial charge is 0.373 e. The van der Waals surface area contributed by atoms with Gasteiger partial charge in [0.05, 0.1) is 19.3 Å². The van der Waals surface area contributed by atoms with Crippen molar-refractivity contribution in [3.63, 3.8) is 0 Å². The van der Waals surface area contributed by atoms with E-state index in [1.54, 1.807) is 11.3 Å². The normalized spacial score (nSPS) is 22.8. The van der Waals surface area contributed by atoms with Crippen LogP contribution >= 0.6 is 11.3 Å². The molecule has 19 heavy (non-hydrogen) atoms. The van der Waals surface area contributed by atoms with Crippen molar-refractivity contribution in [3.8, 4) is 11.8 Å². The van der Waals surface area contributed by atoms with Crippen molar-refractivity contribution in [2.24, 2.45) is 11.7 Å². The molecular formula is C16H23NOS. The molecule has 3 heteroatoms. The lowest BCUT2D eigenvalue weighted by molar-refractivity contribution is 0.00291. The average Bonchev–Trinajstić information content (AvgIpc) is 2.90. The summed E-state index contributed by atoms with van der Waals surface area (Å²) in [5, 5.41) is 2.08. The van der Waals surface area contributed by atoms with Crippen molar-refractivity contribution >= 4 is 11.3 Å². The van der Waals surface area contributed by atoms with E-state index < -0.39 is 0 Å². The molecule has 0 aliphatic heterocycles. The molecule has 2 rings (SSSR count). The molecule has 0 amide bonds. The molecule has 1 aromatic rings. The molecule has 1 fully saturated rings. The third-order valence-electron chi connectivity index (χ3n) is 3.83. The minimum absolute atomic E-state index is 0.414. The van der Waals surface area contributed by atoms with Crippen molar-refractivity contribution in [1.82, 2.24) is 0 Å².